The molecule has 1 N–H and O–H groups in total. The molecule has 28 heavy (non-hydrogen) atoms. The summed E-state index contributed by atoms with van der Waals surface area (Å²) in [5.41, 5.74) is 1.36. The number of benzene rings is 2. The summed E-state index contributed by atoms with van der Waals surface area (Å²) in [7, 11) is 0. The average Bonchev–Trinajstić information content (AvgIpc) is 3.16. The van der Waals surface area contributed by atoms with Crippen molar-refractivity contribution in [2.24, 2.45) is 4.99 Å². The van der Waals surface area contributed by atoms with Gasteiger partial charge in [-0.3, -0.25) is 4.99 Å². The van der Waals surface area contributed by atoms with Gasteiger partial charge < -0.3 is 15.3 Å². The van der Waals surface area contributed by atoms with Gasteiger partial charge in [0.1, 0.15) is 12.4 Å². The van der Waals surface area contributed by atoms with Crippen molar-refractivity contribution in [2.75, 3.05) is 6.54 Å². The lowest BCUT2D eigenvalue weighted by Gasteiger charge is -2.10. The van der Waals surface area contributed by atoms with Crippen molar-refractivity contribution in [3.63, 3.8) is 0 Å². The number of para-hydroxylation sites is 2. The highest BCUT2D eigenvalue weighted by Crippen LogP contribution is 2.17. The molecule has 0 spiro atoms. The first-order chi connectivity index (χ1) is 13.2. The first-order valence-corrected chi connectivity index (χ1v) is 8.54. The van der Waals surface area contributed by atoms with Crippen molar-refractivity contribution in [1.82, 2.24) is 14.3 Å². The Labute approximate surface area is 165 Å². The molecule has 2 aromatic heterocycles. The van der Waals surface area contributed by atoms with Gasteiger partial charge in [-0.2, -0.15) is 4.73 Å². The minimum Gasteiger partial charge on any atom is -0.428 e. The van der Waals surface area contributed by atoms with Gasteiger partial charge >= 0.3 is 5.95 Å². The maximum Gasteiger partial charge on any atom is 0.434 e. The molecule has 2 heterocycles. The molecule has 144 valence electrons. The normalized spacial score (nSPS) is 10.7. The van der Waals surface area contributed by atoms with E-state index in [1.165, 1.54) is 15.5 Å². The fourth-order valence-electron chi connectivity index (χ4n) is 3.24. The fourth-order valence-corrected chi connectivity index (χ4v) is 3.24. The number of nitro groups is 1. The number of halogens is 1. The molecule has 0 aliphatic heterocycles. The van der Waals surface area contributed by atoms with Crippen molar-refractivity contribution in [3.8, 4) is 0 Å². The van der Waals surface area contributed by atoms with E-state index in [0.717, 1.165) is 16.1 Å². The SMILES string of the molecule is Cl.O=[N+]([O-])c1nccn1CCCN=c1c2ccccc2n(O)c2ccccc12. The van der Waals surface area contributed by atoms with E-state index in [2.05, 4.69) is 4.98 Å². The smallest absolute Gasteiger partial charge is 0.428 e. The summed E-state index contributed by atoms with van der Waals surface area (Å²) in [6.45, 7) is 0.960. The van der Waals surface area contributed by atoms with Crippen LogP contribution in [-0.4, -0.2) is 31.0 Å². The Kier molecular flexibility index (Phi) is 5.60. The van der Waals surface area contributed by atoms with E-state index in [4.69, 9.17) is 4.99 Å². The molecule has 0 bridgehead atoms. The van der Waals surface area contributed by atoms with Crippen LogP contribution in [0.3, 0.4) is 0 Å². The van der Waals surface area contributed by atoms with E-state index in [-0.39, 0.29) is 18.4 Å². The largest absolute Gasteiger partial charge is 0.434 e. The lowest BCUT2D eigenvalue weighted by molar-refractivity contribution is -0.396. The average molecular weight is 400 g/mol. The minimum absolute atomic E-state index is 0. The maximum absolute atomic E-state index is 10.9. The monoisotopic (exact) mass is 399 g/mol. The summed E-state index contributed by atoms with van der Waals surface area (Å²) in [4.78, 5) is 18.9. The molecule has 2 aromatic carbocycles. The Bertz CT molecular complexity index is 1160. The summed E-state index contributed by atoms with van der Waals surface area (Å²) in [5, 5.41) is 24.0. The molecule has 0 fully saturated rings. The highest BCUT2D eigenvalue weighted by molar-refractivity contribution is 5.92. The predicted octanol–water partition coefficient (Wildman–Crippen LogP) is 3.55. The van der Waals surface area contributed by atoms with E-state index in [1.807, 2.05) is 48.5 Å². The number of hydrogen-bond donors (Lipinski definition) is 1. The summed E-state index contributed by atoms with van der Waals surface area (Å²) < 4.78 is 2.69. The summed E-state index contributed by atoms with van der Waals surface area (Å²) in [6, 6.07) is 15.1. The van der Waals surface area contributed by atoms with Crippen LogP contribution in [0.15, 0.2) is 65.9 Å². The third-order valence-corrected chi connectivity index (χ3v) is 4.46. The van der Waals surface area contributed by atoms with Gasteiger partial charge in [0.25, 0.3) is 0 Å². The van der Waals surface area contributed by atoms with Gasteiger partial charge in [0.2, 0.25) is 0 Å². The molecule has 0 amide bonds. The molecular formula is C19H18ClN5O3. The topological polar surface area (TPSA) is 98.5 Å². The van der Waals surface area contributed by atoms with Gasteiger partial charge in [0.15, 0.2) is 0 Å². The Hall–Kier alpha value is -3.39. The molecule has 0 unspecified atom stereocenters. The lowest BCUT2D eigenvalue weighted by Crippen LogP contribution is -2.12. The van der Waals surface area contributed by atoms with Crippen molar-refractivity contribution in [3.05, 3.63) is 76.4 Å². The third kappa shape index (κ3) is 3.41. The van der Waals surface area contributed by atoms with Crippen LogP contribution in [0.5, 0.6) is 0 Å². The van der Waals surface area contributed by atoms with Crippen molar-refractivity contribution in [1.29, 1.82) is 0 Å². The van der Waals surface area contributed by atoms with Gasteiger partial charge in [-0.15, -0.1) is 12.4 Å². The lowest BCUT2D eigenvalue weighted by atomic mass is 10.1. The number of rotatable bonds is 5. The number of fused-ring (bicyclic) bond motifs is 2. The van der Waals surface area contributed by atoms with Gasteiger partial charge in [-0.1, -0.05) is 41.4 Å². The first-order valence-electron chi connectivity index (χ1n) is 8.54. The van der Waals surface area contributed by atoms with Crippen LogP contribution >= 0.6 is 12.4 Å². The van der Waals surface area contributed by atoms with Crippen LogP contribution in [0, 0.1) is 10.1 Å². The van der Waals surface area contributed by atoms with E-state index in [0.29, 0.717) is 30.5 Å². The fraction of sp³-hybridized carbons (Fsp3) is 0.158. The van der Waals surface area contributed by atoms with Crippen molar-refractivity contribution < 1.29 is 10.1 Å². The van der Waals surface area contributed by atoms with Gasteiger partial charge in [-0.05, 0) is 23.5 Å². The Balaban J connectivity index is 0.00000225. The van der Waals surface area contributed by atoms with Crippen LogP contribution in [0.1, 0.15) is 6.42 Å². The third-order valence-electron chi connectivity index (χ3n) is 4.46. The Morgan fingerprint density at radius 2 is 1.68 bits per heavy atom. The molecule has 0 aliphatic rings. The van der Waals surface area contributed by atoms with Gasteiger partial charge in [0, 0.05) is 17.3 Å². The maximum atomic E-state index is 10.9. The van der Waals surface area contributed by atoms with Crippen LogP contribution in [0.2, 0.25) is 0 Å². The summed E-state index contributed by atoms with van der Waals surface area (Å²) in [6.07, 6.45) is 3.65. The zero-order valence-electron chi connectivity index (χ0n) is 14.8. The second-order valence-corrected chi connectivity index (χ2v) is 6.11. The molecule has 9 heteroatoms. The number of pyridine rings is 1. The van der Waals surface area contributed by atoms with Gasteiger partial charge in [0.05, 0.1) is 22.9 Å². The summed E-state index contributed by atoms with van der Waals surface area (Å²) >= 11 is 0. The molecule has 0 radical (unpaired) electrons. The van der Waals surface area contributed by atoms with Crippen LogP contribution < -0.4 is 5.36 Å². The number of hydrogen-bond acceptors (Lipinski definition) is 5. The van der Waals surface area contributed by atoms with E-state index in [1.54, 1.807) is 6.20 Å². The second-order valence-electron chi connectivity index (χ2n) is 6.11. The van der Waals surface area contributed by atoms with Crippen molar-refractivity contribution >= 4 is 40.2 Å². The highest BCUT2D eigenvalue weighted by Gasteiger charge is 2.13. The van der Waals surface area contributed by atoms with E-state index >= 15 is 0 Å². The Morgan fingerprint density at radius 3 is 2.29 bits per heavy atom. The Morgan fingerprint density at radius 1 is 1.07 bits per heavy atom. The first kappa shape index (κ1) is 19.4. The molecule has 4 aromatic rings. The molecular weight excluding hydrogens is 382 g/mol. The number of imidazole rings is 1. The molecule has 0 saturated heterocycles. The van der Waals surface area contributed by atoms with E-state index in [9.17, 15) is 15.3 Å². The zero-order valence-corrected chi connectivity index (χ0v) is 15.6. The van der Waals surface area contributed by atoms with Crippen LogP contribution in [0.4, 0.5) is 5.95 Å². The number of aromatic nitrogens is 3. The van der Waals surface area contributed by atoms with Crippen LogP contribution in [0.25, 0.3) is 21.8 Å². The summed E-state index contributed by atoms with van der Waals surface area (Å²) in [5.74, 6) is -0.160. The zero-order chi connectivity index (χ0) is 18.8. The number of aryl methyl sites for hydroxylation is 1. The molecule has 0 aliphatic carbocycles. The number of nitrogens with zero attached hydrogens (tertiary/aromatic N) is 5. The molecule has 0 atom stereocenters. The quantitative estimate of drug-likeness (QED) is 0.182. The van der Waals surface area contributed by atoms with E-state index < -0.39 is 4.92 Å². The van der Waals surface area contributed by atoms with Crippen molar-refractivity contribution in [2.45, 2.75) is 13.0 Å². The highest BCUT2D eigenvalue weighted by atomic mass is 35.5. The molecule has 8 nitrogen and oxygen atoms in total. The van der Waals surface area contributed by atoms with Crippen LogP contribution in [-0.2, 0) is 6.54 Å². The molecule has 4 rings (SSSR count). The second kappa shape index (κ2) is 8.10. The van der Waals surface area contributed by atoms with Gasteiger partial charge in [-0.25, -0.2) is 4.57 Å². The predicted molar refractivity (Wildman–Crippen MR) is 108 cm³/mol. The minimum atomic E-state index is -0.491. The standard InChI is InChI=1S/C19H17N5O3.ClH/c25-23-16-8-3-1-6-14(16)18(15-7-2-4-9-17(15)23)20-10-5-12-22-13-11-21-19(22)24(26)27;/h1-4,6-9,11,13,25H,5,10,12H2;1H. The molecule has 0 saturated carbocycles.